The van der Waals surface area contributed by atoms with Crippen LogP contribution in [0.15, 0.2) is 30.6 Å². The van der Waals surface area contributed by atoms with E-state index in [0.717, 1.165) is 37.3 Å². The van der Waals surface area contributed by atoms with Gasteiger partial charge in [-0.25, -0.2) is 0 Å². The van der Waals surface area contributed by atoms with E-state index in [0.29, 0.717) is 18.9 Å². The van der Waals surface area contributed by atoms with E-state index in [9.17, 15) is 4.79 Å². The zero-order chi connectivity index (χ0) is 16.9. The van der Waals surface area contributed by atoms with E-state index in [1.807, 2.05) is 35.7 Å². The summed E-state index contributed by atoms with van der Waals surface area (Å²) in [5.41, 5.74) is 3.42. The van der Waals surface area contributed by atoms with Crippen molar-refractivity contribution in [2.45, 2.75) is 46.1 Å². The largest absolute Gasteiger partial charge is 0.342 e. The molecule has 0 N–H and O–H groups in total. The quantitative estimate of drug-likeness (QED) is 0.849. The van der Waals surface area contributed by atoms with Gasteiger partial charge in [-0.2, -0.15) is 5.10 Å². The lowest BCUT2D eigenvalue weighted by Gasteiger charge is -2.33. The second-order valence-electron chi connectivity index (χ2n) is 6.81. The lowest BCUT2D eigenvalue weighted by Crippen LogP contribution is -2.40. The fourth-order valence-corrected chi connectivity index (χ4v) is 3.40. The summed E-state index contributed by atoms with van der Waals surface area (Å²) in [4.78, 5) is 18.9. The molecule has 0 aromatic carbocycles. The highest BCUT2D eigenvalue weighted by atomic mass is 16.2. The molecular formula is C19H26N4O. The fraction of sp³-hybridized carbons (Fsp3) is 0.526. The van der Waals surface area contributed by atoms with Crippen molar-refractivity contribution in [2.75, 3.05) is 13.1 Å². The van der Waals surface area contributed by atoms with Crippen LogP contribution in [0.3, 0.4) is 0 Å². The average molecular weight is 326 g/mol. The second kappa shape index (κ2) is 7.60. The van der Waals surface area contributed by atoms with Crippen molar-refractivity contribution in [3.8, 4) is 0 Å². The van der Waals surface area contributed by atoms with Gasteiger partial charge in [0.25, 0.3) is 0 Å². The summed E-state index contributed by atoms with van der Waals surface area (Å²) in [6.45, 7) is 6.45. The Morgan fingerprint density at radius 3 is 2.88 bits per heavy atom. The molecule has 1 aliphatic heterocycles. The van der Waals surface area contributed by atoms with Gasteiger partial charge in [-0.05, 0) is 56.7 Å². The number of pyridine rings is 1. The van der Waals surface area contributed by atoms with Crippen LogP contribution in [0.5, 0.6) is 0 Å². The van der Waals surface area contributed by atoms with Crippen LogP contribution in [-0.2, 0) is 17.8 Å². The van der Waals surface area contributed by atoms with Crippen LogP contribution in [-0.4, -0.2) is 38.7 Å². The predicted octanol–water partition coefficient (Wildman–Crippen LogP) is 2.77. The highest BCUT2D eigenvalue weighted by Crippen LogP contribution is 2.21. The van der Waals surface area contributed by atoms with Crippen molar-refractivity contribution in [3.63, 3.8) is 0 Å². The molecule has 0 unspecified atom stereocenters. The number of carbonyl (C=O) groups is 1. The molecule has 1 amide bonds. The number of likely N-dealkylation sites (tertiary alicyclic amines) is 1. The second-order valence-corrected chi connectivity index (χ2v) is 6.81. The Morgan fingerprint density at radius 2 is 2.17 bits per heavy atom. The fourth-order valence-electron chi connectivity index (χ4n) is 3.40. The molecule has 5 nitrogen and oxygen atoms in total. The molecule has 2 aromatic heterocycles. The molecule has 1 saturated heterocycles. The van der Waals surface area contributed by atoms with E-state index in [4.69, 9.17) is 0 Å². The van der Waals surface area contributed by atoms with E-state index in [1.165, 1.54) is 12.0 Å². The van der Waals surface area contributed by atoms with Crippen LogP contribution in [0.4, 0.5) is 0 Å². The third-order valence-corrected chi connectivity index (χ3v) is 4.84. The molecule has 0 aliphatic carbocycles. The van der Waals surface area contributed by atoms with Gasteiger partial charge in [0, 0.05) is 49.8 Å². The van der Waals surface area contributed by atoms with Crippen molar-refractivity contribution >= 4 is 5.91 Å². The van der Waals surface area contributed by atoms with Crippen molar-refractivity contribution in [1.82, 2.24) is 19.7 Å². The number of aryl methyl sites for hydroxylation is 3. The third-order valence-electron chi connectivity index (χ3n) is 4.84. The summed E-state index contributed by atoms with van der Waals surface area (Å²) < 4.78 is 1.90. The lowest BCUT2D eigenvalue weighted by atomic mass is 9.91. The predicted molar refractivity (Wildman–Crippen MR) is 93.6 cm³/mol. The monoisotopic (exact) mass is 326 g/mol. The summed E-state index contributed by atoms with van der Waals surface area (Å²) in [6.07, 6.45) is 7.58. The summed E-state index contributed by atoms with van der Waals surface area (Å²) in [7, 11) is 0. The Morgan fingerprint density at radius 1 is 1.29 bits per heavy atom. The van der Waals surface area contributed by atoms with Crippen LogP contribution in [0.25, 0.3) is 0 Å². The van der Waals surface area contributed by atoms with Gasteiger partial charge < -0.3 is 4.90 Å². The first-order chi connectivity index (χ1) is 11.6. The summed E-state index contributed by atoms with van der Waals surface area (Å²) >= 11 is 0. The molecule has 1 fully saturated rings. The zero-order valence-electron chi connectivity index (χ0n) is 14.6. The van der Waals surface area contributed by atoms with Gasteiger partial charge in [0.05, 0.1) is 0 Å². The molecular weight excluding hydrogens is 300 g/mol. The van der Waals surface area contributed by atoms with Gasteiger partial charge >= 0.3 is 0 Å². The summed E-state index contributed by atoms with van der Waals surface area (Å²) in [6, 6.07) is 6.19. The first-order valence-electron chi connectivity index (χ1n) is 8.79. The normalized spacial score (nSPS) is 17.9. The molecule has 0 radical (unpaired) electrons. The Kier molecular flexibility index (Phi) is 5.28. The zero-order valence-corrected chi connectivity index (χ0v) is 14.6. The highest BCUT2D eigenvalue weighted by molar-refractivity contribution is 5.76. The van der Waals surface area contributed by atoms with Crippen molar-refractivity contribution in [2.24, 2.45) is 5.92 Å². The van der Waals surface area contributed by atoms with Crippen molar-refractivity contribution in [1.29, 1.82) is 0 Å². The van der Waals surface area contributed by atoms with Gasteiger partial charge in [0.2, 0.25) is 5.91 Å². The third kappa shape index (κ3) is 4.22. The number of amides is 1. The molecule has 3 rings (SSSR count). The van der Waals surface area contributed by atoms with Crippen LogP contribution in [0.2, 0.25) is 0 Å². The lowest BCUT2D eigenvalue weighted by molar-refractivity contribution is -0.133. The molecule has 0 saturated carbocycles. The van der Waals surface area contributed by atoms with Crippen molar-refractivity contribution in [3.05, 3.63) is 47.5 Å². The topological polar surface area (TPSA) is 51.0 Å². The number of nitrogens with zero attached hydrogens (tertiary/aromatic N) is 4. The first-order valence-corrected chi connectivity index (χ1v) is 8.79. The Bertz CT molecular complexity index is 677. The Labute approximate surface area is 143 Å². The van der Waals surface area contributed by atoms with E-state index >= 15 is 0 Å². The molecule has 0 spiro atoms. The van der Waals surface area contributed by atoms with Gasteiger partial charge in [-0.3, -0.25) is 14.5 Å². The minimum Gasteiger partial charge on any atom is -0.342 e. The molecule has 1 atom stereocenters. The smallest absolute Gasteiger partial charge is 0.224 e. The van der Waals surface area contributed by atoms with Gasteiger partial charge in [0.1, 0.15) is 0 Å². The maximum Gasteiger partial charge on any atom is 0.224 e. The molecule has 3 heterocycles. The number of hydrogen-bond donors (Lipinski definition) is 0. The van der Waals surface area contributed by atoms with Gasteiger partial charge in [0.15, 0.2) is 0 Å². The minimum absolute atomic E-state index is 0.247. The first kappa shape index (κ1) is 16.7. The molecule has 2 aromatic rings. The number of rotatable bonds is 5. The summed E-state index contributed by atoms with van der Waals surface area (Å²) in [5.74, 6) is 0.787. The average Bonchev–Trinajstić information content (AvgIpc) is 3.00. The standard InChI is InChI=1S/C19H26N4O/c1-15-5-6-17(13-20-15)12-18-4-3-10-22(14-18)19(24)8-11-23-16(2)7-9-21-23/h5-7,9,13,18H,3-4,8,10-12,14H2,1-2H3/t18-/m0/s1. The Hall–Kier alpha value is -2.17. The molecule has 5 heteroatoms. The molecule has 1 aliphatic rings. The van der Waals surface area contributed by atoms with Crippen LogP contribution >= 0.6 is 0 Å². The minimum atomic E-state index is 0.247. The van der Waals surface area contributed by atoms with E-state index in [1.54, 1.807) is 6.20 Å². The maximum absolute atomic E-state index is 12.5. The SMILES string of the molecule is Cc1ccc(C[C@@H]2CCCN(C(=O)CCn3nccc3C)C2)cn1. The van der Waals surface area contributed by atoms with Crippen LogP contribution in [0.1, 0.15) is 36.2 Å². The van der Waals surface area contributed by atoms with E-state index in [-0.39, 0.29) is 5.91 Å². The van der Waals surface area contributed by atoms with E-state index in [2.05, 4.69) is 22.2 Å². The number of aromatic nitrogens is 3. The van der Waals surface area contributed by atoms with Crippen LogP contribution < -0.4 is 0 Å². The van der Waals surface area contributed by atoms with Gasteiger partial charge in [-0.15, -0.1) is 0 Å². The molecule has 24 heavy (non-hydrogen) atoms. The summed E-state index contributed by atoms with van der Waals surface area (Å²) in [5, 5.41) is 4.25. The number of carbonyl (C=O) groups excluding carboxylic acids is 1. The maximum atomic E-state index is 12.5. The van der Waals surface area contributed by atoms with Crippen molar-refractivity contribution < 1.29 is 4.79 Å². The highest BCUT2D eigenvalue weighted by Gasteiger charge is 2.23. The number of hydrogen-bond acceptors (Lipinski definition) is 3. The number of piperidine rings is 1. The van der Waals surface area contributed by atoms with Gasteiger partial charge in [-0.1, -0.05) is 6.07 Å². The molecule has 128 valence electrons. The molecule has 0 bridgehead atoms. The van der Waals surface area contributed by atoms with Crippen LogP contribution in [0, 0.1) is 19.8 Å². The Balaban J connectivity index is 1.51. The van der Waals surface area contributed by atoms with E-state index < -0.39 is 0 Å².